The molecule has 0 amide bonds. The number of halogens is 1. The van der Waals surface area contributed by atoms with Gasteiger partial charge in [0.2, 0.25) is 5.13 Å². The van der Waals surface area contributed by atoms with Crippen LogP contribution in [0.2, 0.25) is 0 Å². The molecule has 1 aromatic heterocycles. The van der Waals surface area contributed by atoms with E-state index >= 15 is 0 Å². The van der Waals surface area contributed by atoms with Gasteiger partial charge in [0, 0.05) is 12.6 Å². The first-order valence-corrected chi connectivity index (χ1v) is 7.84. The van der Waals surface area contributed by atoms with Crippen LogP contribution in [0.4, 0.5) is 10.8 Å². The molecule has 1 heterocycles. The van der Waals surface area contributed by atoms with Crippen molar-refractivity contribution in [1.82, 2.24) is 10.2 Å². The number of rotatable bonds is 7. The number of nitrogens with zero attached hydrogens (tertiary/aromatic N) is 3. The van der Waals surface area contributed by atoms with Crippen LogP contribution < -0.4 is 10.1 Å². The molecule has 21 heavy (non-hydrogen) atoms. The van der Waals surface area contributed by atoms with Crippen LogP contribution in [-0.2, 0) is 6.61 Å². The number of nitro benzene ring substituents is 1. The third-order valence-corrected chi connectivity index (χ3v) is 3.98. The first-order chi connectivity index (χ1) is 10.1. The third kappa shape index (κ3) is 4.36. The van der Waals surface area contributed by atoms with E-state index in [1.807, 2.05) is 0 Å². The molecule has 112 valence electrons. The molecular formula is C12H13BrN4O3S. The van der Waals surface area contributed by atoms with Crippen molar-refractivity contribution in [2.75, 3.05) is 11.9 Å². The van der Waals surface area contributed by atoms with E-state index in [4.69, 9.17) is 4.74 Å². The van der Waals surface area contributed by atoms with E-state index in [-0.39, 0.29) is 12.3 Å². The Balaban J connectivity index is 2.00. The second kappa shape index (κ2) is 7.32. The zero-order chi connectivity index (χ0) is 15.2. The summed E-state index contributed by atoms with van der Waals surface area (Å²) in [5, 5.41) is 23.3. The van der Waals surface area contributed by atoms with Crippen LogP contribution in [0, 0.1) is 10.1 Å². The second-order valence-corrected chi connectivity index (χ2v) is 6.00. The number of nitro groups is 1. The average Bonchev–Trinajstić information content (AvgIpc) is 2.92. The van der Waals surface area contributed by atoms with Crippen molar-refractivity contribution >= 4 is 38.1 Å². The van der Waals surface area contributed by atoms with Crippen LogP contribution in [-0.4, -0.2) is 21.7 Å². The predicted octanol–water partition coefficient (Wildman–Crippen LogP) is 3.61. The molecule has 0 radical (unpaired) electrons. The lowest BCUT2D eigenvalue weighted by molar-refractivity contribution is -0.385. The molecule has 1 aromatic carbocycles. The fourth-order valence-corrected chi connectivity index (χ4v) is 2.51. The Bertz CT molecular complexity index is 635. The molecule has 9 heteroatoms. The minimum atomic E-state index is -0.461. The van der Waals surface area contributed by atoms with Crippen LogP contribution >= 0.6 is 27.3 Å². The monoisotopic (exact) mass is 372 g/mol. The zero-order valence-electron chi connectivity index (χ0n) is 11.2. The first kappa shape index (κ1) is 15.6. The summed E-state index contributed by atoms with van der Waals surface area (Å²) in [5.41, 5.74) is -0.0178. The highest BCUT2D eigenvalue weighted by atomic mass is 79.9. The van der Waals surface area contributed by atoms with Crippen LogP contribution in [0.5, 0.6) is 5.75 Å². The Morgan fingerprint density at radius 3 is 3.00 bits per heavy atom. The van der Waals surface area contributed by atoms with E-state index in [9.17, 15) is 10.1 Å². The molecule has 7 nitrogen and oxygen atoms in total. The lowest BCUT2D eigenvalue weighted by Gasteiger charge is -2.05. The van der Waals surface area contributed by atoms with Crippen molar-refractivity contribution in [1.29, 1.82) is 0 Å². The number of anilines is 1. The van der Waals surface area contributed by atoms with Gasteiger partial charge in [0.25, 0.3) is 5.69 Å². The maximum Gasteiger partial charge on any atom is 0.273 e. The van der Waals surface area contributed by atoms with Crippen LogP contribution in [0.1, 0.15) is 18.4 Å². The normalized spacial score (nSPS) is 10.4. The van der Waals surface area contributed by atoms with Gasteiger partial charge in [0.05, 0.1) is 15.5 Å². The Hall–Kier alpha value is -1.74. The Labute approximate surface area is 133 Å². The molecule has 0 unspecified atom stereocenters. The number of hydrogen-bond donors (Lipinski definition) is 1. The summed E-state index contributed by atoms with van der Waals surface area (Å²) >= 11 is 4.70. The molecule has 0 atom stereocenters. The summed E-state index contributed by atoms with van der Waals surface area (Å²) in [5.74, 6) is 0.405. The Morgan fingerprint density at radius 2 is 2.29 bits per heavy atom. The molecule has 0 aliphatic heterocycles. The second-order valence-electron chi connectivity index (χ2n) is 4.09. The number of aromatic nitrogens is 2. The van der Waals surface area contributed by atoms with Crippen molar-refractivity contribution < 1.29 is 9.66 Å². The van der Waals surface area contributed by atoms with Crippen molar-refractivity contribution in [3.05, 3.63) is 37.8 Å². The summed E-state index contributed by atoms with van der Waals surface area (Å²) in [6, 6.07) is 4.37. The topological polar surface area (TPSA) is 90.2 Å². The van der Waals surface area contributed by atoms with Gasteiger partial charge in [0.1, 0.15) is 12.4 Å². The number of hydrogen-bond acceptors (Lipinski definition) is 7. The first-order valence-electron chi connectivity index (χ1n) is 6.23. The van der Waals surface area contributed by atoms with Crippen molar-refractivity contribution in [2.45, 2.75) is 20.0 Å². The quantitative estimate of drug-likeness (QED) is 0.589. The van der Waals surface area contributed by atoms with Crippen LogP contribution in [0.3, 0.4) is 0 Å². The summed E-state index contributed by atoms with van der Waals surface area (Å²) < 4.78 is 6.21. The van der Waals surface area contributed by atoms with E-state index in [0.717, 1.165) is 18.1 Å². The van der Waals surface area contributed by atoms with Gasteiger partial charge in [-0.3, -0.25) is 10.1 Å². The van der Waals surface area contributed by atoms with E-state index < -0.39 is 4.92 Å². The molecule has 0 saturated carbocycles. The highest BCUT2D eigenvalue weighted by molar-refractivity contribution is 9.10. The molecular weight excluding hydrogens is 360 g/mol. The molecule has 2 rings (SSSR count). The van der Waals surface area contributed by atoms with Crippen LogP contribution in [0.25, 0.3) is 0 Å². The smallest absolute Gasteiger partial charge is 0.273 e. The maximum atomic E-state index is 10.7. The molecule has 2 aromatic rings. The van der Waals surface area contributed by atoms with E-state index in [1.54, 1.807) is 6.07 Å². The molecule has 0 spiro atoms. The van der Waals surface area contributed by atoms with Gasteiger partial charge in [-0.1, -0.05) is 18.3 Å². The van der Waals surface area contributed by atoms with E-state index in [2.05, 4.69) is 38.4 Å². The fraction of sp³-hybridized carbons (Fsp3) is 0.333. The Morgan fingerprint density at radius 1 is 1.48 bits per heavy atom. The Kier molecular flexibility index (Phi) is 5.45. The maximum absolute atomic E-state index is 10.7. The third-order valence-electron chi connectivity index (χ3n) is 2.47. The van der Waals surface area contributed by atoms with E-state index in [0.29, 0.717) is 15.2 Å². The average molecular weight is 373 g/mol. The lowest BCUT2D eigenvalue weighted by Crippen LogP contribution is -1.98. The molecule has 1 N–H and O–H groups in total. The van der Waals surface area contributed by atoms with Crippen LogP contribution in [0.15, 0.2) is 22.7 Å². The molecule has 0 aliphatic carbocycles. The van der Waals surface area contributed by atoms with Gasteiger partial charge in [-0.25, -0.2) is 0 Å². The van der Waals surface area contributed by atoms with Gasteiger partial charge in [-0.05, 0) is 28.4 Å². The minimum Gasteiger partial charge on any atom is -0.485 e. The van der Waals surface area contributed by atoms with Crippen molar-refractivity contribution in [2.24, 2.45) is 0 Å². The zero-order valence-corrected chi connectivity index (χ0v) is 13.6. The number of non-ortho nitro benzene ring substituents is 1. The van der Waals surface area contributed by atoms with Gasteiger partial charge in [0.15, 0.2) is 5.01 Å². The highest BCUT2D eigenvalue weighted by Gasteiger charge is 2.12. The highest BCUT2D eigenvalue weighted by Crippen LogP contribution is 2.30. The number of nitrogens with one attached hydrogen (secondary N) is 1. The summed E-state index contributed by atoms with van der Waals surface area (Å²) in [6.45, 7) is 3.12. The summed E-state index contributed by atoms with van der Waals surface area (Å²) in [6.07, 6.45) is 1.01. The largest absolute Gasteiger partial charge is 0.485 e. The van der Waals surface area contributed by atoms with Gasteiger partial charge < -0.3 is 10.1 Å². The number of ether oxygens (including phenoxy) is 1. The van der Waals surface area contributed by atoms with Gasteiger partial charge >= 0.3 is 0 Å². The van der Waals surface area contributed by atoms with Gasteiger partial charge in [-0.2, -0.15) is 0 Å². The standard InChI is InChI=1S/C12H13BrN4O3S/c1-2-5-14-12-16-15-11(21-12)7-20-10-6-8(17(18)19)3-4-9(10)13/h3-4,6H,2,5,7H2,1H3,(H,14,16). The van der Waals surface area contributed by atoms with E-state index in [1.165, 1.54) is 23.5 Å². The molecule has 0 aliphatic rings. The lowest BCUT2D eigenvalue weighted by atomic mass is 10.3. The predicted molar refractivity (Wildman–Crippen MR) is 83.8 cm³/mol. The molecule has 0 saturated heterocycles. The molecule has 0 fully saturated rings. The summed E-state index contributed by atoms with van der Waals surface area (Å²) in [7, 11) is 0. The van der Waals surface area contributed by atoms with Crippen molar-refractivity contribution in [3.8, 4) is 5.75 Å². The summed E-state index contributed by atoms with van der Waals surface area (Å²) in [4.78, 5) is 10.3. The van der Waals surface area contributed by atoms with Gasteiger partial charge in [-0.15, -0.1) is 10.2 Å². The minimum absolute atomic E-state index is 0.0178. The number of benzene rings is 1. The fourth-order valence-electron chi connectivity index (χ4n) is 1.47. The molecule has 0 bridgehead atoms. The SMILES string of the molecule is CCCNc1nnc(COc2cc([N+](=O)[O-])ccc2Br)s1. The van der Waals surface area contributed by atoms with Crippen molar-refractivity contribution in [3.63, 3.8) is 0 Å².